The van der Waals surface area contributed by atoms with Crippen LogP contribution >= 0.6 is 22.7 Å². The number of carbonyl (C=O) groups is 3. The van der Waals surface area contributed by atoms with E-state index in [-0.39, 0.29) is 30.1 Å². The highest BCUT2D eigenvalue weighted by Gasteiger charge is 2.38. The number of hydrogen-bond donors (Lipinski definition) is 1. The first-order valence-electron chi connectivity index (χ1n) is 10.6. The Hall–Kier alpha value is -3.24. The van der Waals surface area contributed by atoms with E-state index in [0.717, 1.165) is 16.3 Å². The van der Waals surface area contributed by atoms with Gasteiger partial charge >= 0.3 is 0 Å². The normalized spacial score (nSPS) is 17.7. The fourth-order valence-electron chi connectivity index (χ4n) is 4.16. The number of aromatic nitrogens is 1. The number of methoxy groups -OCH3 is 1. The fraction of sp³-hybridized carbons (Fsp3) is 0.304. The van der Waals surface area contributed by atoms with Crippen LogP contribution in [0.2, 0.25) is 0 Å². The van der Waals surface area contributed by atoms with Crippen LogP contribution in [0.3, 0.4) is 0 Å². The lowest BCUT2D eigenvalue weighted by Crippen LogP contribution is -2.40. The van der Waals surface area contributed by atoms with E-state index >= 15 is 0 Å². The highest BCUT2D eigenvalue weighted by Crippen LogP contribution is 2.32. The van der Waals surface area contributed by atoms with Gasteiger partial charge in [0.2, 0.25) is 11.8 Å². The lowest BCUT2D eigenvalue weighted by molar-refractivity contribution is -0.136. The summed E-state index contributed by atoms with van der Waals surface area (Å²) in [6.07, 6.45) is 0.830. The van der Waals surface area contributed by atoms with E-state index in [0.29, 0.717) is 41.8 Å². The van der Waals surface area contributed by atoms with Crippen LogP contribution in [-0.4, -0.2) is 47.8 Å². The van der Waals surface area contributed by atoms with Gasteiger partial charge in [-0.1, -0.05) is 23.5 Å². The van der Waals surface area contributed by atoms with E-state index in [2.05, 4.69) is 10.3 Å². The number of nitrogens with one attached hydrogen (secondary N) is 1. The lowest BCUT2D eigenvalue weighted by atomic mass is 10.1. The molecule has 10 heteroatoms. The van der Waals surface area contributed by atoms with Crippen LogP contribution in [0.15, 0.2) is 41.8 Å². The van der Waals surface area contributed by atoms with Gasteiger partial charge in [0.05, 0.1) is 30.1 Å². The summed E-state index contributed by atoms with van der Waals surface area (Å²) < 4.78 is 5.26. The summed E-state index contributed by atoms with van der Waals surface area (Å²) in [4.78, 5) is 47.8. The minimum Gasteiger partial charge on any atom is -0.497 e. The molecule has 0 bridgehead atoms. The molecule has 33 heavy (non-hydrogen) atoms. The van der Waals surface area contributed by atoms with Crippen molar-refractivity contribution in [1.29, 1.82) is 0 Å². The smallest absolute Gasteiger partial charge is 0.267 e. The first-order chi connectivity index (χ1) is 16.0. The molecule has 1 saturated heterocycles. The Bertz CT molecular complexity index is 1210. The van der Waals surface area contributed by atoms with Gasteiger partial charge in [-0.15, -0.1) is 11.3 Å². The predicted molar refractivity (Wildman–Crippen MR) is 127 cm³/mol. The Morgan fingerprint density at radius 2 is 2.12 bits per heavy atom. The van der Waals surface area contributed by atoms with Crippen molar-refractivity contribution >= 4 is 51.2 Å². The van der Waals surface area contributed by atoms with E-state index in [9.17, 15) is 14.4 Å². The summed E-state index contributed by atoms with van der Waals surface area (Å²) in [5.74, 6) is 0.0424. The first kappa shape index (κ1) is 21.6. The molecule has 2 aromatic heterocycles. The standard InChI is InChI=1S/C23H22N4O4S2/c1-31-16-5-2-4-15(11-16)27-12-14(10-20(27)28)22(30)26-8-7-17-19(13-26)33-23(24-17)25-21(29)18-6-3-9-32-18/h2-6,9,11,14H,7-8,10,12-13H2,1H3,(H,24,25,29)/t14-/m1/s1. The molecule has 0 radical (unpaired) electrons. The Morgan fingerprint density at radius 1 is 1.24 bits per heavy atom. The third kappa shape index (κ3) is 4.36. The minimum absolute atomic E-state index is 0.0167. The molecule has 5 rings (SSSR count). The quantitative estimate of drug-likeness (QED) is 0.602. The predicted octanol–water partition coefficient (Wildman–Crippen LogP) is 3.40. The number of amides is 3. The van der Waals surface area contributed by atoms with E-state index in [1.165, 1.54) is 22.7 Å². The van der Waals surface area contributed by atoms with Crippen molar-refractivity contribution in [2.45, 2.75) is 19.4 Å². The summed E-state index contributed by atoms with van der Waals surface area (Å²) >= 11 is 2.78. The molecular formula is C23H22N4O4S2. The highest BCUT2D eigenvalue weighted by atomic mass is 32.1. The van der Waals surface area contributed by atoms with Gasteiger partial charge in [0, 0.05) is 42.6 Å². The number of thiophene rings is 1. The Balaban J connectivity index is 1.24. The number of anilines is 2. The average molecular weight is 483 g/mol. The number of benzene rings is 1. The minimum atomic E-state index is -0.379. The molecule has 4 heterocycles. The SMILES string of the molecule is COc1cccc(N2C[C@H](C(=O)N3CCc4nc(NC(=O)c5cccs5)sc4C3)CC2=O)c1. The van der Waals surface area contributed by atoms with E-state index in [4.69, 9.17) is 4.74 Å². The Kier molecular flexibility index (Phi) is 5.86. The van der Waals surface area contributed by atoms with Crippen molar-refractivity contribution in [2.24, 2.45) is 5.92 Å². The summed E-state index contributed by atoms with van der Waals surface area (Å²) in [5, 5.41) is 5.26. The molecule has 0 unspecified atom stereocenters. The van der Waals surface area contributed by atoms with E-state index in [1.807, 2.05) is 29.6 Å². The second-order valence-corrected chi connectivity index (χ2v) is 9.97. The molecule has 2 aliphatic rings. The number of rotatable bonds is 5. The van der Waals surface area contributed by atoms with Crippen molar-refractivity contribution in [3.05, 3.63) is 57.2 Å². The number of thiazole rings is 1. The Labute approximate surface area is 198 Å². The average Bonchev–Trinajstić information content (AvgIpc) is 3.57. The summed E-state index contributed by atoms with van der Waals surface area (Å²) in [7, 11) is 1.58. The molecule has 0 spiro atoms. The maximum atomic E-state index is 13.2. The van der Waals surface area contributed by atoms with Gasteiger partial charge in [-0.3, -0.25) is 19.7 Å². The number of fused-ring (bicyclic) bond motifs is 1. The van der Waals surface area contributed by atoms with Gasteiger partial charge in [-0.05, 0) is 23.6 Å². The summed E-state index contributed by atoms with van der Waals surface area (Å²) in [5.41, 5.74) is 1.66. The van der Waals surface area contributed by atoms with Crippen LogP contribution < -0.4 is 15.0 Å². The van der Waals surface area contributed by atoms with Gasteiger partial charge in [0.15, 0.2) is 5.13 Å². The second-order valence-electron chi connectivity index (χ2n) is 7.94. The van der Waals surface area contributed by atoms with Crippen molar-refractivity contribution in [2.75, 3.05) is 30.4 Å². The lowest BCUT2D eigenvalue weighted by Gasteiger charge is -2.28. The summed E-state index contributed by atoms with van der Waals surface area (Å²) in [6.45, 7) is 1.36. The van der Waals surface area contributed by atoms with Crippen molar-refractivity contribution < 1.29 is 19.1 Å². The van der Waals surface area contributed by atoms with Gasteiger partial charge in [-0.2, -0.15) is 0 Å². The molecule has 3 amide bonds. The molecule has 8 nitrogen and oxygen atoms in total. The molecule has 170 valence electrons. The highest BCUT2D eigenvalue weighted by molar-refractivity contribution is 7.16. The molecule has 1 fully saturated rings. The largest absolute Gasteiger partial charge is 0.497 e. The fourth-order valence-corrected chi connectivity index (χ4v) is 5.80. The van der Waals surface area contributed by atoms with E-state index in [1.54, 1.807) is 29.0 Å². The zero-order chi connectivity index (χ0) is 22.9. The molecule has 2 aliphatic heterocycles. The van der Waals surface area contributed by atoms with Crippen LogP contribution in [0.5, 0.6) is 5.75 Å². The maximum Gasteiger partial charge on any atom is 0.267 e. The molecule has 1 N–H and O–H groups in total. The van der Waals surface area contributed by atoms with Crippen LogP contribution in [0, 0.1) is 5.92 Å². The molecule has 1 atom stereocenters. The zero-order valence-corrected chi connectivity index (χ0v) is 19.6. The molecule has 0 saturated carbocycles. The monoisotopic (exact) mass is 482 g/mol. The third-order valence-electron chi connectivity index (χ3n) is 5.85. The van der Waals surface area contributed by atoms with Crippen LogP contribution in [0.4, 0.5) is 10.8 Å². The van der Waals surface area contributed by atoms with Crippen molar-refractivity contribution in [3.63, 3.8) is 0 Å². The Morgan fingerprint density at radius 3 is 2.91 bits per heavy atom. The molecule has 0 aliphatic carbocycles. The molecular weight excluding hydrogens is 460 g/mol. The molecule has 1 aromatic carbocycles. The van der Waals surface area contributed by atoms with Crippen LogP contribution in [0.25, 0.3) is 0 Å². The van der Waals surface area contributed by atoms with Gasteiger partial charge < -0.3 is 14.5 Å². The molecule has 3 aromatic rings. The van der Waals surface area contributed by atoms with Gasteiger partial charge in [-0.25, -0.2) is 4.98 Å². The van der Waals surface area contributed by atoms with Crippen LogP contribution in [-0.2, 0) is 22.6 Å². The number of nitrogens with zero attached hydrogens (tertiary/aromatic N) is 3. The van der Waals surface area contributed by atoms with Gasteiger partial charge in [0.25, 0.3) is 5.91 Å². The maximum absolute atomic E-state index is 13.2. The zero-order valence-electron chi connectivity index (χ0n) is 17.9. The number of hydrogen-bond acceptors (Lipinski definition) is 7. The number of carbonyl (C=O) groups excluding carboxylic acids is 3. The third-order valence-corrected chi connectivity index (χ3v) is 7.71. The van der Waals surface area contributed by atoms with Crippen molar-refractivity contribution in [1.82, 2.24) is 9.88 Å². The van der Waals surface area contributed by atoms with Crippen molar-refractivity contribution in [3.8, 4) is 5.75 Å². The van der Waals surface area contributed by atoms with E-state index < -0.39 is 0 Å². The topological polar surface area (TPSA) is 91.8 Å². The summed E-state index contributed by atoms with van der Waals surface area (Å²) in [6, 6.07) is 10.9. The second kappa shape index (κ2) is 8.95. The van der Waals surface area contributed by atoms with Gasteiger partial charge in [0.1, 0.15) is 5.75 Å². The first-order valence-corrected chi connectivity index (χ1v) is 12.3. The number of ether oxygens (including phenoxy) is 1. The van der Waals surface area contributed by atoms with Crippen LogP contribution in [0.1, 0.15) is 26.7 Å².